The molecule has 310 valence electrons. The Labute approximate surface area is 340 Å². The lowest BCUT2D eigenvalue weighted by atomic mass is 10.0. The predicted octanol–water partition coefficient (Wildman–Crippen LogP) is 3.16. The summed E-state index contributed by atoms with van der Waals surface area (Å²) in [6.07, 6.45) is 3.41. The molecule has 4 aromatic heterocycles. The van der Waals surface area contributed by atoms with Crippen LogP contribution < -0.4 is 21.2 Å². The second-order valence-corrected chi connectivity index (χ2v) is 15.8. The Kier molecular flexibility index (Phi) is 9.52. The maximum absolute atomic E-state index is 14.3. The molecule has 3 amide bonds. The highest BCUT2D eigenvalue weighted by molar-refractivity contribution is 6.08. The number of morpholine rings is 2. The maximum atomic E-state index is 14.3. The third-order valence-electron chi connectivity index (χ3n) is 12.0. The molecule has 2 N–H and O–H groups in total. The number of nitrogens with one attached hydrogen (secondary N) is 2. The lowest BCUT2D eigenvalue weighted by Gasteiger charge is -2.33. The summed E-state index contributed by atoms with van der Waals surface area (Å²) < 4.78 is 46.3. The van der Waals surface area contributed by atoms with Crippen molar-refractivity contribution in [3.63, 3.8) is 0 Å². The zero-order valence-corrected chi connectivity index (χ0v) is 32.5. The summed E-state index contributed by atoms with van der Waals surface area (Å²) in [4.78, 5) is 60.6. The number of aromatic nitrogens is 7. The number of carbonyl (C=O) groups is 3. The van der Waals surface area contributed by atoms with Crippen molar-refractivity contribution in [2.45, 2.75) is 62.9 Å². The highest BCUT2D eigenvalue weighted by Crippen LogP contribution is 2.33. The molecule has 1 unspecified atom stereocenters. The molecule has 4 fully saturated rings. The number of aryl methyl sites for hydroxylation is 1. The van der Waals surface area contributed by atoms with Gasteiger partial charge in [0, 0.05) is 52.3 Å². The SMILES string of the molecule is Cn1c(=O)n(C2CCC(=O)NC2=O)c2cccc(C[C@@H]3CN(Cc4ccc(-n5cc(NC(=O)c6cnn7ccc(N8C[C@H]9C[C@@H]8CO9)nc67)c(C(F)F)n5)cc4)CCO3)c21. The molecule has 0 spiro atoms. The highest BCUT2D eigenvalue weighted by Gasteiger charge is 2.40. The molecular formula is C41H41F2N11O6. The molecule has 2 bridgehead atoms. The molecular weight excluding hydrogens is 781 g/mol. The lowest BCUT2D eigenvalue weighted by molar-refractivity contribution is -0.135. The summed E-state index contributed by atoms with van der Waals surface area (Å²) >= 11 is 0. The first-order valence-corrected chi connectivity index (χ1v) is 20.0. The molecule has 0 radical (unpaired) electrons. The van der Waals surface area contributed by atoms with Crippen LogP contribution in [0.4, 0.5) is 20.3 Å². The van der Waals surface area contributed by atoms with E-state index in [-0.39, 0.29) is 53.9 Å². The summed E-state index contributed by atoms with van der Waals surface area (Å²) in [5, 5.41) is 13.4. The summed E-state index contributed by atoms with van der Waals surface area (Å²) in [5.74, 6) is -0.747. The Bertz CT molecular complexity index is 2720. The Morgan fingerprint density at radius 1 is 1.07 bits per heavy atom. The van der Waals surface area contributed by atoms with Crippen LogP contribution in [-0.2, 0) is 39.1 Å². The summed E-state index contributed by atoms with van der Waals surface area (Å²) in [6, 6.07) is 14.4. The number of nitrogens with zero attached hydrogens (tertiary/aromatic N) is 9. The molecule has 2 aromatic carbocycles. The third-order valence-corrected chi connectivity index (χ3v) is 12.0. The van der Waals surface area contributed by atoms with E-state index in [2.05, 4.69) is 30.6 Å². The minimum atomic E-state index is -2.95. The molecule has 0 saturated carbocycles. The van der Waals surface area contributed by atoms with E-state index in [0.717, 1.165) is 23.1 Å². The number of fused-ring (bicyclic) bond motifs is 4. The number of benzene rings is 2. The Morgan fingerprint density at radius 2 is 1.92 bits per heavy atom. The van der Waals surface area contributed by atoms with E-state index >= 15 is 0 Å². The lowest BCUT2D eigenvalue weighted by Crippen LogP contribution is -2.44. The van der Waals surface area contributed by atoms with Gasteiger partial charge in [-0.2, -0.15) is 10.2 Å². The van der Waals surface area contributed by atoms with Crippen molar-refractivity contribution in [1.29, 1.82) is 0 Å². The van der Waals surface area contributed by atoms with Gasteiger partial charge in [0.05, 0.1) is 66.3 Å². The predicted molar refractivity (Wildman–Crippen MR) is 212 cm³/mol. The Hall–Kier alpha value is -6.31. The van der Waals surface area contributed by atoms with E-state index in [1.807, 2.05) is 36.4 Å². The highest BCUT2D eigenvalue weighted by atomic mass is 19.3. The average molecular weight is 822 g/mol. The number of hydrogen-bond acceptors (Lipinski definition) is 11. The molecule has 8 heterocycles. The van der Waals surface area contributed by atoms with Crippen LogP contribution in [0, 0.1) is 0 Å². The number of halogens is 2. The standard InChI is InChI=1S/C41H41F2N11O6/c1-49-36-24(3-2-4-31(36)54(41(49)58)32-9-10-34(55)47-40(32)57)15-27-19-50(13-14-59-27)18-23-5-7-25(8-6-23)53-21-30(35(48-53)37(42)43)45-39(56)29-17-44-52-12-11-33(46-38(29)52)51-20-28-16-26(51)22-60-28/h2-8,11-12,17,21,26-28,32,37H,9-10,13-16,18-20,22H2,1H3,(H,45,56)(H,47,55,57)/t26-,27-,28-,32?/m1/s1. The van der Waals surface area contributed by atoms with Crippen LogP contribution >= 0.6 is 0 Å². The van der Waals surface area contributed by atoms with Crippen molar-refractivity contribution in [2.24, 2.45) is 7.05 Å². The van der Waals surface area contributed by atoms with Crippen molar-refractivity contribution >= 4 is 45.9 Å². The minimum Gasteiger partial charge on any atom is -0.375 e. The quantitative estimate of drug-likeness (QED) is 0.194. The molecule has 19 heteroatoms. The number of para-hydroxylation sites is 1. The van der Waals surface area contributed by atoms with Crippen molar-refractivity contribution in [1.82, 2.24) is 43.7 Å². The van der Waals surface area contributed by atoms with Gasteiger partial charge in [-0.3, -0.25) is 33.7 Å². The molecule has 60 heavy (non-hydrogen) atoms. The number of imidazole rings is 1. The zero-order valence-electron chi connectivity index (χ0n) is 32.5. The minimum absolute atomic E-state index is 0.119. The van der Waals surface area contributed by atoms with E-state index in [1.165, 1.54) is 26.2 Å². The molecule has 10 rings (SSSR count). The van der Waals surface area contributed by atoms with Gasteiger partial charge in [0.2, 0.25) is 11.8 Å². The third kappa shape index (κ3) is 6.81. The first kappa shape index (κ1) is 37.9. The zero-order chi connectivity index (χ0) is 41.2. The van der Waals surface area contributed by atoms with Crippen molar-refractivity contribution < 1.29 is 32.6 Å². The van der Waals surface area contributed by atoms with E-state index in [4.69, 9.17) is 14.5 Å². The average Bonchev–Trinajstić information content (AvgIpc) is 4.09. The van der Waals surface area contributed by atoms with Gasteiger partial charge in [-0.05, 0) is 48.2 Å². The van der Waals surface area contributed by atoms with Crippen LogP contribution in [0.2, 0.25) is 0 Å². The van der Waals surface area contributed by atoms with Gasteiger partial charge in [0.15, 0.2) is 11.3 Å². The molecule has 4 aliphatic heterocycles. The second kappa shape index (κ2) is 15.1. The van der Waals surface area contributed by atoms with Gasteiger partial charge >= 0.3 is 5.69 Å². The first-order valence-electron chi connectivity index (χ1n) is 20.0. The number of imide groups is 1. The van der Waals surface area contributed by atoms with Crippen molar-refractivity contribution in [2.75, 3.05) is 43.1 Å². The molecule has 17 nitrogen and oxygen atoms in total. The number of amides is 3. The van der Waals surface area contributed by atoms with Gasteiger partial charge in [0.25, 0.3) is 12.3 Å². The molecule has 4 saturated heterocycles. The summed E-state index contributed by atoms with van der Waals surface area (Å²) in [7, 11) is 1.69. The van der Waals surface area contributed by atoms with Gasteiger partial charge in [-0.1, -0.05) is 24.3 Å². The fourth-order valence-electron chi connectivity index (χ4n) is 9.05. The normalized spacial score (nSPS) is 22.1. The van der Waals surface area contributed by atoms with E-state index in [9.17, 15) is 28.0 Å². The molecule has 4 aliphatic rings. The van der Waals surface area contributed by atoms with E-state index < -0.39 is 30.0 Å². The molecule has 6 aromatic rings. The summed E-state index contributed by atoms with van der Waals surface area (Å²) in [5.41, 5.74) is 3.26. The van der Waals surface area contributed by atoms with Gasteiger partial charge in [0.1, 0.15) is 17.4 Å². The number of alkyl halides is 2. The van der Waals surface area contributed by atoms with Crippen molar-refractivity contribution in [3.8, 4) is 5.69 Å². The summed E-state index contributed by atoms with van der Waals surface area (Å²) in [6.45, 7) is 3.78. The van der Waals surface area contributed by atoms with Crippen LogP contribution in [-0.4, -0.2) is 107 Å². The fraction of sp³-hybridized carbons (Fsp3) is 0.390. The van der Waals surface area contributed by atoms with E-state index in [0.29, 0.717) is 68.5 Å². The second-order valence-electron chi connectivity index (χ2n) is 15.8. The van der Waals surface area contributed by atoms with Gasteiger partial charge < -0.3 is 19.7 Å². The van der Waals surface area contributed by atoms with Crippen LogP contribution in [0.3, 0.4) is 0 Å². The van der Waals surface area contributed by atoms with Crippen molar-refractivity contribution in [3.05, 3.63) is 100.0 Å². The topological polar surface area (TPSA) is 175 Å². The van der Waals surface area contributed by atoms with Crippen LogP contribution in [0.1, 0.15) is 58.9 Å². The van der Waals surface area contributed by atoms with Crippen LogP contribution in [0.5, 0.6) is 0 Å². The monoisotopic (exact) mass is 821 g/mol. The Balaban J connectivity index is 0.811. The fourth-order valence-corrected chi connectivity index (χ4v) is 9.05. The number of ether oxygens (including phenoxy) is 2. The van der Waals surface area contributed by atoms with Gasteiger partial charge in [-0.15, -0.1) is 0 Å². The molecule has 4 atom stereocenters. The van der Waals surface area contributed by atoms with E-state index in [1.54, 1.807) is 29.9 Å². The number of anilines is 2. The number of piperidine rings is 1. The number of rotatable bonds is 10. The number of hydrogen-bond donors (Lipinski definition) is 2. The van der Waals surface area contributed by atoms with Gasteiger partial charge in [-0.25, -0.2) is 27.8 Å². The largest absolute Gasteiger partial charge is 0.375 e. The van der Waals surface area contributed by atoms with Crippen LogP contribution in [0.15, 0.2) is 71.9 Å². The Morgan fingerprint density at radius 3 is 2.68 bits per heavy atom. The number of carbonyl (C=O) groups excluding carboxylic acids is 3. The first-order chi connectivity index (χ1) is 29.1. The molecule has 0 aliphatic carbocycles. The smallest absolute Gasteiger partial charge is 0.329 e. The van der Waals surface area contributed by atoms with Crippen LogP contribution in [0.25, 0.3) is 22.4 Å². The maximum Gasteiger partial charge on any atom is 0.329 e.